The van der Waals surface area contributed by atoms with Gasteiger partial charge in [-0.3, -0.25) is 9.88 Å². The summed E-state index contributed by atoms with van der Waals surface area (Å²) in [5, 5.41) is 3.19. The van der Waals surface area contributed by atoms with Gasteiger partial charge in [-0.25, -0.2) is 4.79 Å². The summed E-state index contributed by atoms with van der Waals surface area (Å²) in [6, 6.07) is 6.06. The van der Waals surface area contributed by atoms with Crippen LogP contribution in [0.25, 0.3) is 0 Å². The van der Waals surface area contributed by atoms with Gasteiger partial charge in [-0.15, -0.1) is 0 Å². The van der Waals surface area contributed by atoms with Crippen molar-refractivity contribution in [1.82, 2.24) is 20.1 Å². The van der Waals surface area contributed by atoms with Crippen LogP contribution < -0.4 is 5.32 Å². The van der Waals surface area contributed by atoms with Crippen LogP contribution in [0, 0.1) is 0 Å². The van der Waals surface area contributed by atoms with E-state index in [4.69, 9.17) is 4.74 Å². The molecule has 2 amide bonds. The minimum atomic E-state index is -0.333. The monoisotopic (exact) mass is 346 g/mol. The molecule has 1 aromatic rings. The Morgan fingerprint density at radius 1 is 1.24 bits per heavy atom. The number of amides is 2. The fourth-order valence-electron chi connectivity index (χ4n) is 3.86. The van der Waals surface area contributed by atoms with Crippen LogP contribution in [0.5, 0.6) is 0 Å². The van der Waals surface area contributed by atoms with Crippen molar-refractivity contribution in [3.63, 3.8) is 0 Å². The fourth-order valence-corrected chi connectivity index (χ4v) is 3.86. The van der Waals surface area contributed by atoms with Crippen LogP contribution in [-0.2, 0) is 11.3 Å². The molecule has 1 N–H and O–H groups in total. The van der Waals surface area contributed by atoms with Crippen molar-refractivity contribution in [2.45, 2.75) is 57.9 Å². The Morgan fingerprint density at radius 2 is 1.96 bits per heavy atom. The van der Waals surface area contributed by atoms with E-state index in [0.29, 0.717) is 0 Å². The van der Waals surface area contributed by atoms with E-state index in [-0.39, 0.29) is 23.3 Å². The maximum atomic E-state index is 12.6. The highest BCUT2D eigenvalue weighted by Crippen LogP contribution is 2.37. The first kappa shape index (κ1) is 18.1. The van der Waals surface area contributed by atoms with Gasteiger partial charge in [0.15, 0.2) is 0 Å². The number of rotatable bonds is 3. The number of nitrogens with one attached hydrogen (secondary N) is 1. The van der Waals surface area contributed by atoms with Crippen molar-refractivity contribution in [2.24, 2.45) is 0 Å². The molecule has 138 valence electrons. The van der Waals surface area contributed by atoms with Gasteiger partial charge in [0.2, 0.25) is 0 Å². The number of nitrogens with zero attached hydrogens (tertiary/aromatic N) is 3. The normalized spacial score (nSPS) is 25.8. The lowest BCUT2D eigenvalue weighted by molar-refractivity contribution is -0.0693. The van der Waals surface area contributed by atoms with Crippen LogP contribution in [0.15, 0.2) is 24.4 Å². The summed E-state index contributed by atoms with van der Waals surface area (Å²) < 4.78 is 6.07. The lowest BCUT2D eigenvalue weighted by Crippen LogP contribution is -2.55. The average molecular weight is 346 g/mol. The highest BCUT2D eigenvalue weighted by Gasteiger charge is 2.46. The van der Waals surface area contributed by atoms with Gasteiger partial charge >= 0.3 is 6.03 Å². The number of hydrogen-bond donors (Lipinski definition) is 1. The van der Waals surface area contributed by atoms with Gasteiger partial charge in [0.25, 0.3) is 0 Å². The molecule has 6 nitrogen and oxygen atoms in total. The molecule has 2 aliphatic heterocycles. The Hall–Kier alpha value is -1.66. The number of carbonyl (C=O) groups excluding carboxylic acids is 1. The van der Waals surface area contributed by atoms with Crippen molar-refractivity contribution in [3.8, 4) is 0 Å². The van der Waals surface area contributed by atoms with E-state index in [0.717, 1.165) is 44.8 Å². The van der Waals surface area contributed by atoms with Crippen molar-refractivity contribution in [1.29, 1.82) is 0 Å². The maximum Gasteiger partial charge on any atom is 0.317 e. The standard InChI is InChI=1S/C19H30N4O2/c1-18(2)13-16(19(3,4)25-18)21-17(24)23-11-9-22(10-12-23)14-15-7-5-6-8-20-15/h5-8,16H,9-14H2,1-4H3,(H,21,24). The molecule has 6 heteroatoms. The topological polar surface area (TPSA) is 57.7 Å². The number of piperazine rings is 1. The third-order valence-corrected chi connectivity index (χ3v) is 5.14. The highest BCUT2D eigenvalue weighted by atomic mass is 16.5. The van der Waals surface area contributed by atoms with E-state index in [9.17, 15) is 4.79 Å². The minimum absolute atomic E-state index is 0.0249. The molecule has 2 saturated heterocycles. The SMILES string of the molecule is CC1(C)CC(NC(=O)N2CCN(Cc3ccccn3)CC2)C(C)(C)O1. The smallest absolute Gasteiger partial charge is 0.317 e. The second-order valence-electron chi connectivity index (χ2n) is 8.26. The Balaban J connectivity index is 1.49. The first-order chi connectivity index (χ1) is 11.8. The molecule has 3 rings (SSSR count). The zero-order valence-corrected chi connectivity index (χ0v) is 15.8. The molecule has 2 aliphatic rings. The van der Waals surface area contributed by atoms with Crippen LogP contribution in [-0.4, -0.2) is 64.2 Å². The number of pyridine rings is 1. The zero-order chi connectivity index (χ0) is 18.1. The summed E-state index contributed by atoms with van der Waals surface area (Å²) in [6.45, 7) is 12.4. The molecule has 0 aliphatic carbocycles. The molecule has 0 spiro atoms. The second-order valence-corrected chi connectivity index (χ2v) is 8.26. The molecule has 1 aromatic heterocycles. The third kappa shape index (κ3) is 4.50. The molecule has 1 atom stereocenters. The molecule has 3 heterocycles. The second kappa shape index (κ2) is 6.92. The number of carbonyl (C=O) groups is 1. The lowest BCUT2D eigenvalue weighted by atomic mass is 9.94. The summed E-state index contributed by atoms with van der Waals surface area (Å²) in [6.07, 6.45) is 2.66. The van der Waals surface area contributed by atoms with E-state index < -0.39 is 0 Å². The number of aromatic nitrogens is 1. The quantitative estimate of drug-likeness (QED) is 0.912. The number of hydrogen-bond acceptors (Lipinski definition) is 4. The Morgan fingerprint density at radius 3 is 2.52 bits per heavy atom. The van der Waals surface area contributed by atoms with Gasteiger partial charge in [-0.05, 0) is 46.2 Å². The molecular weight excluding hydrogens is 316 g/mol. The van der Waals surface area contributed by atoms with Gasteiger partial charge in [0.1, 0.15) is 0 Å². The molecule has 0 aromatic carbocycles. The molecule has 0 bridgehead atoms. The molecule has 0 saturated carbocycles. The summed E-state index contributed by atoms with van der Waals surface area (Å²) in [5.41, 5.74) is 0.551. The third-order valence-electron chi connectivity index (χ3n) is 5.14. The molecule has 0 radical (unpaired) electrons. The van der Waals surface area contributed by atoms with Crippen LogP contribution in [0.4, 0.5) is 4.79 Å². The minimum Gasteiger partial charge on any atom is -0.367 e. The van der Waals surface area contributed by atoms with E-state index in [1.165, 1.54) is 0 Å². The van der Waals surface area contributed by atoms with Crippen LogP contribution in [0.1, 0.15) is 39.8 Å². The fraction of sp³-hybridized carbons (Fsp3) is 0.684. The predicted molar refractivity (Wildman–Crippen MR) is 97.3 cm³/mol. The van der Waals surface area contributed by atoms with E-state index in [2.05, 4.69) is 42.9 Å². The molecule has 25 heavy (non-hydrogen) atoms. The Labute approximate surface area is 150 Å². The number of urea groups is 1. The van der Waals surface area contributed by atoms with Gasteiger partial charge in [0.05, 0.1) is 22.9 Å². The first-order valence-corrected chi connectivity index (χ1v) is 9.13. The summed E-state index contributed by atoms with van der Waals surface area (Å²) in [4.78, 5) is 21.3. The van der Waals surface area contributed by atoms with Crippen molar-refractivity contribution >= 4 is 6.03 Å². The van der Waals surface area contributed by atoms with Gasteiger partial charge in [0, 0.05) is 38.9 Å². The van der Waals surface area contributed by atoms with Crippen LogP contribution >= 0.6 is 0 Å². The number of ether oxygens (including phenoxy) is 1. The molecular formula is C19H30N4O2. The van der Waals surface area contributed by atoms with Crippen molar-refractivity contribution in [2.75, 3.05) is 26.2 Å². The van der Waals surface area contributed by atoms with Gasteiger partial charge < -0.3 is 15.0 Å². The first-order valence-electron chi connectivity index (χ1n) is 9.13. The summed E-state index contributed by atoms with van der Waals surface area (Å²) in [5.74, 6) is 0. The maximum absolute atomic E-state index is 12.6. The van der Waals surface area contributed by atoms with E-state index >= 15 is 0 Å². The predicted octanol–water partition coefficient (Wildman–Crippen LogP) is 2.25. The summed E-state index contributed by atoms with van der Waals surface area (Å²) >= 11 is 0. The lowest BCUT2D eigenvalue weighted by Gasteiger charge is -2.36. The average Bonchev–Trinajstić information content (AvgIpc) is 2.75. The zero-order valence-electron chi connectivity index (χ0n) is 15.8. The Bertz CT molecular complexity index is 595. The molecule has 2 fully saturated rings. The van der Waals surface area contributed by atoms with Crippen LogP contribution in [0.2, 0.25) is 0 Å². The largest absolute Gasteiger partial charge is 0.367 e. The van der Waals surface area contributed by atoms with E-state index in [1.54, 1.807) is 0 Å². The van der Waals surface area contributed by atoms with Crippen molar-refractivity contribution in [3.05, 3.63) is 30.1 Å². The van der Waals surface area contributed by atoms with Crippen LogP contribution in [0.3, 0.4) is 0 Å². The van der Waals surface area contributed by atoms with Crippen molar-refractivity contribution < 1.29 is 9.53 Å². The van der Waals surface area contributed by atoms with Gasteiger partial charge in [-0.2, -0.15) is 0 Å². The Kier molecular flexibility index (Phi) is 5.02. The van der Waals surface area contributed by atoms with Gasteiger partial charge in [-0.1, -0.05) is 6.07 Å². The van der Waals surface area contributed by atoms with E-state index in [1.807, 2.05) is 29.3 Å². The highest BCUT2D eigenvalue weighted by molar-refractivity contribution is 5.75. The summed E-state index contributed by atoms with van der Waals surface area (Å²) in [7, 11) is 0. The molecule has 1 unspecified atom stereocenters.